The zero-order valence-electron chi connectivity index (χ0n) is 15.3. The van der Waals surface area contributed by atoms with Gasteiger partial charge in [0, 0.05) is 50.2 Å². The van der Waals surface area contributed by atoms with Gasteiger partial charge in [-0.15, -0.1) is 0 Å². The lowest BCUT2D eigenvalue weighted by Gasteiger charge is -2.32. The maximum absolute atomic E-state index is 12.8. The van der Waals surface area contributed by atoms with Gasteiger partial charge >= 0.3 is 0 Å². The molecule has 1 saturated heterocycles. The van der Waals surface area contributed by atoms with Crippen LogP contribution in [0.4, 0.5) is 11.5 Å². The molecule has 26 heavy (non-hydrogen) atoms. The molecule has 1 aliphatic rings. The van der Waals surface area contributed by atoms with Gasteiger partial charge < -0.3 is 14.7 Å². The van der Waals surface area contributed by atoms with Crippen molar-refractivity contribution < 1.29 is 9.59 Å². The van der Waals surface area contributed by atoms with Gasteiger partial charge in [-0.1, -0.05) is 12.1 Å². The lowest BCUT2D eigenvalue weighted by molar-refractivity contribution is -0.119. The maximum Gasteiger partial charge on any atom is 0.254 e. The summed E-state index contributed by atoms with van der Waals surface area (Å²) in [5.41, 5.74) is 2.87. The summed E-state index contributed by atoms with van der Waals surface area (Å²) in [5, 5.41) is 0. The van der Waals surface area contributed by atoms with E-state index in [2.05, 4.69) is 35.9 Å². The number of amides is 2. The normalized spacial score (nSPS) is 14.2. The predicted octanol–water partition coefficient (Wildman–Crippen LogP) is 2.46. The minimum atomic E-state index is -0.0144. The van der Waals surface area contributed by atoms with Crippen LogP contribution in [0.25, 0.3) is 0 Å². The molecule has 0 N–H and O–H groups in total. The molecular weight excluding hydrogens is 328 g/mol. The van der Waals surface area contributed by atoms with Gasteiger partial charge in [-0.2, -0.15) is 0 Å². The number of aromatic nitrogens is 1. The summed E-state index contributed by atoms with van der Waals surface area (Å²) in [5.74, 6) is 0.745. The van der Waals surface area contributed by atoms with Crippen molar-refractivity contribution in [3.8, 4) is 0 Å². The third kappa shape index (κ3) is 3.85. The monoisotopic (exact) mass is 352 g/mol. The zero-order valence-corrected chi connectivity index (χ0v) is 15.3. The number of hydrogen-bond donors (Lipinski definition) is 0. The molecule has 2 aromatic rings. The van der Waals surface area contributed by atoms with Crippen LogP contribution in [-0.4, -0.2) is 59.8 Å². The Labute approximate surface area is 154 Å². The lowest BCUT2D eigenvalue weighted by Crippen LogP contribution is -2.48. The molecule has 6 heteroatoms. The van der Waals surface area contributed by atoms with Crippen molar-refractivity contribution in [1.29, 1.82) is 0 Å². The smallest absolute Gasteiger partial charge is 0.254 e. The third-order valence-electron chi connectivity index (χ3n) is 4.65. The van der Waals surface area contributed by atoms with Crippen molar-refractivity contribution in [3.63, 3.8) is 0 Å². The lowest BCUT2D eigenvalue weighted by atomic mass is 10.1. The van der Waals surface area contributed by atoms with Crippen LogP contribution < -0.4 is 4.90 Å². The molecule has 0 aliphatic carbocycles. The number of piperazine rings is 1. The Morgan fingerprint density at radius 1 is 1.19 bits per heavy atom. The van der Waals surface area contributed by atoms with Crippen LogP contribution in [0.2, 0.25) is 0 Å². The Balaban J connectivity index is 1.81. The van der Waals surface area contributed by atoms with Gasteiger partial charge in [-0.3, -0.25) is 9.59 Å². The first kappa shape index (κ1) is 17.9. The number of anilines is 2. The van der Waals surface area contributed by atoms with Crippen LogP contribution >= 0.6 is 0 Å². The van der Waals surface area contributed by atoms with E-state index in [0.29, 0.717) is 31.7 Å². The number of rotatable bonds is 5. The largest absolute Gasteiger partial charge is 0.342 e. The molecular formula is C20H24N4O2. The number of pyridine rings is 1. The van der Waals surface area contributed by atoms with Crippen LogP contribution in [-0.2, 0) is 4.79 Å². The van der Waals surface area contributed by atoms with E-state index in [-0.39, 0.29) is 5.91 Å². The van der Waals surface area contributed by atoms with Gasteiger partial charge in [-0.25, -0.2) is 4.98 Å². The number of nitrogens with zero attached hydrogens (tertiary/aromatic N) is 4. The van der Waals surface area contributed by atoms with Gasteiger partial charge in [-0.05, 0) is 43.7 Å². The second-order valence-electron chi connectivity index (χ2n) is 6.42. The Morgan fingerprint density at radius 3 is 2.62 bits per heavy atom. The average Bonchev–Trinajstić information content (AvgIpc) is 2.68. The maximum atomic E-state index is 12.8. The van der Waals surface area contributed by atoms with Gasteiger partial charge in [0.25, 0.3) is 5.91 Å². The van der Waals surface area contributed by atoms with Crippen molar-refractivity contribution in [2.75, 3.05) is 37.6 Å². The Bertz CT molecular complexity index is 785. The first-order valence-corrected chi connectivity index (χ1v) is 8.91. The fraction of sp³-hybridized carbons (Fsp3) is 0.350. The first-order valence-electron chi connectivity index (χ1n) is 8.91. The molecule has 1 aromatic heterocycles. The van der Waals surface area contributed by atoms with E-state index >= 15 is 0 Å². The SMILES string of the molecule is CCN(c1cccc(C)c1)c1cc(C(=O)N2CCN(C=O)CC2)ccn1. The summed E-state index contributed by atoms with van der Waals surface area (Å²) in [6, 6.07) is 11.8. The second kappa shape index (κ2) is 7.99. The molecule has 1 aromatic carbocycles. The highest BCUT2D eigenvalue weighted by atomic mass is 16.2. The Morgan fingerprint density at radius 2 is 1.96 bits per heavy atom. The van der Waals surface area contributed by atoms with Crippen molar-refractivity contribution in [3.05, 3.63) is 53.7 Å². The standard InChI is InChI=1S/C20H24N4O2/c1-3-24(18-6-4-5-16(2)13-18)19-14-17(7-8-21-19)20(26)23-11-9-22(15-25)10-12-23/h4-8,13-15H,3,9-12H2,1-2H3. The van der Waals surface area contributed by atoms with Crippen LogP contribution in [0.15, 0.2) is 42.6 Å². The van der Waals surface area contributed by atoms with Crippen molar-refractivity contribution in [2.24, 2.45) is 0 Å². The van der Waals surface area contributed by atoms with Crippen molar-refractivity contribution >= 4 is 23.8 Å². The zero-order chi connectivity index (χ0) is 18.5. The molecule has 6 nitrogen and oxygen atoms in total. The Kier molecular flexibility index (Phi) is 5.51. The molecule has 0 radical (unpaired) electrons. The van der Waals surface area contributed by atoms with Gasteiger partial charge in [0.05, 0.1) is 0 Å². The first-order chi connectivity index (χ1) is 12.6. The minimum Gasteiger partial charge on any atom is -0.342 e. The van der Waals surface area contributed by atoms with E-state index in [1.807, 2.05) is 18.2 Å². The highest BCUT2D eigenvalue weighted by Gasteiger charge is 2.22. The molecule has 2 amide bonds. The van der Waals surface area contributed by atoms with Crippen LogP contribution in [0.1, 0.15) is 22.8 Å². The molecule has 0 spiro atoms. The number of benzene rings is 1. The Hall–Kier alpha value is -2.89. The highest BCUT2D eigenvalue weighted by Crippen LogP contribution is 2.25. The number of hydrogen-bond acceptors (Lipinski definition) is 4. The van der Waals surface area contributed by atoms with Crippen LogP contribution in [0.3, 0.4) is 0 Å². The van der Waals surface area contributed by atoms with Crippen molar-refractivity contribution in [2.45, 2.75) is 13.8 Å². The van der Waals surface area contributed by atoms with Crippen LogP contribution in [0, 0.1) is 6.92 Å². The van der Waals surface area contributed by atoms with Crippen molar-refractivity contribution in [1.82, 2.24) is 14.8 Å². The molecule has 0 saturated carbocycles. The van der Waals surface area contributed by atoms with Gasteiger partial charge in [0.15, 0.2) is 0 Å². The summed E-state index contributed by atoms with van der Waals surface area (Å²) in [4.78, 5) is 33.7. The van der Waals surface area contributed by atoms with E-state index in [9.17, 15) is 9.59 Å². The quantitative estimate of drug-likeness (QED) is 0.776. The molecule has 2 heterocycles. The van der Waals surface area contributed by atoms with Gasteiger partial charge in [0.1, 0.15) is 5.82 Å². The topological polar surface area (TPSA) is 56.8 Å². The number of carbonyl (C=O) groups excluding carboxylic acids is 2. The van der Waals surface area contributed by atoms with Gasteiger partial charge in [0.2, 0.25) is 6.41 Å². The minimum absolute atomic E-state index is 0.0144. The average molecular weight is 352 g/mol. The van der Waals surface area contributed by atoms with E-state index in [4.69, 9.17) is 0 Å². The number of aryl methyl sites for hydroxylation is 1. The predicted molar refractivity (Wildman–Crippen MR) is 102 cm³/mol. The van der Waals surface area contributed by atoms with E-state index in [0.717, 1.165) is 24.5 Å². The fourth-order valence-electron chi connectivity index (χ4n) is 3.18. The van der Waals surface area contributed by atoms with E-state index < -0.39 is 0 Å². The highest BCUT2D eigenvalue weighted by molar-refractivity contribution is 5.95. The number of carbonyl (C=O) groups is 2. The molecule has 0 atom stereocenters. The third-order valence-corrected chi connectivity index (χ3v) is 4.65. The molecule has 3 rings (SSSR count). The van der Waals surface area contributed by atoms with Crippen LogP contribution in [0.5, 0.6) is 0 Å². The van der Waals surface area contributed by atoms with E-state index in [1.54, 1.807) is 22.1 Å². The summed E-state index contributed by atoms with van der Waals surface area (Å²) < 4.78 is 0. The van der Waals surface area contributed by atoms with E-state index in [1.165, 1.54) is 5.56 Å². The molecule has 1 aliphatic heterocycles. The summed E-state index contributed by atoms with van der Waals surface area (Å²) in [6.07, 6.45) is 2.52. The molecule has 0 unspecified atom stereocenters. The second-order valence-corrected chi connectivity index (χ2v) is 6.42. The fourth-order valence-corrected chi connectivity index (χ4v) is 3.18. The summed E-state index contributed by atoms with van der Waals surface area (Å²) in [6.45, 7) is 7.16. The summed E-state index contributed by atoms with van der Waals surface area (Å²) >= 11 is 0. The molecule has 136 valence electrons. The summed E-state index contributed by atoms with van der Waals surface area (Å²) in [7, 11) is 0. The molecule has 0 bridgehead atoms. The molecule has 1 fully saturated rings.